The molecule has 2 aliphatic rings. The van der Waals surface area contributed by atoms with Crippen molar-refractivity contribution in [3.05, 3.63) is 55.7 Å². The smallest absolute Gasteiger partial charge is 0.325 e. The Kier molecular flexibility index (Phi) is 5.55. The minimum atomic E-state index is -1.36. The van der Waals surface area contributed by atoms with Gasteiger partial charge in [0.25, 0.3) is 5.91 Å². The first kappa shape index (κ1) is 21.2. The topological polar surface area (TPSA) is 69.7 Å². The molecule has 2 unspecified atom stereocenters. The van der Waals surface area contributed by atoms with E-state index < -0.39 is 17.5 Å². The van der Waals surface area contributed by atoms with Crippen LogP contribution in [0.4, 0.5) is 4.79 Å². The number of amides is 4. The predicted octanol–water partition coefficient (Wildman–Crippen LogP) is 4.36. The Morgan fingerprint density at radius 2 is 2.07 bits per heavy atom. The third kappa shape index (κ3) is 3.39. The van der Waals surface area contributed by atoms with Crippen LogP contribution in [0, 0.1) is 0 Å². The first-order chi connectivity index (χ1) is 14.3. The maximum atomic E-state index is 13.2. The molecule has 1 saturated heterocycles. The molecule has 1 aromatic heterocycles. The molecular formula is C21H21Cl2N3O3S. The van der Waals surface area contributed by atoms with E-state index in [1.54, 1.807) is 35.3 Å². The highest BCUT2D eigenvalue weighted by molar-refractivity contribution is 7.10. The fraction of sp³-hybridized carbons (Fsp3) is 0.381. The number of carbonyl (C=O) groups excluding carboxylic acids is 3. The number of nitrogens with one attached hydrogen (secondary N) is 1. The third-order valence-corrected chi connectivity index (χ3v) is 7.38. The van der Waals surface area contributed by atoms with Crippen LogP contribution in [-0.2, 0) is 21.5 Å². The van der Waals surface area contributed by atoms with Gasteiger partial charge in [0.05, 0.1) is 6.04 Å². The Balaban J connectivity index is 1.56. The lowest BCUT2D eigenvalue weighted by atomic mass is 9.92. The zero-order valence-corrected chi connectivity index (χ0v) is 18.9. The normalized spacial score (nSPS) is 23.5. The first-order valence-corrected chi connectivity index (χ1v) is 11.3. The minimum absolute atomic E-state index is 0.0367. The van der Waals surface area contributed by atoms with Crippen molar-refractivity contribution in [3.63, 3.8) is 0 Å². The van der Waals surface area contributed by atoms with Gasteiger partial charge in [-0.1, -0.05) is 36.2 Å². The van der Waals surface area contributed by atoms with Crippen molar-refractivity contribution >= 4 is 52.4 Å². The van der Waals surface area contributed by atoms with Crippen molar-refractivity contribution < 1.29 is 14.4 Å². The Hall–Kier alpha value is -2.09. The molecule has 0 spiro atoms. The van der Waals surface area contributed by atoms with Crippen LogP contribution in [0.3, 0.4) is 0 Å². The summed E-state index contributed by atoms with van der Waals surface area (Å²) in [6, 6.07) is 6.16. The second kappa shape index (κ2) is 7.87. The summed E-state index contributed by atoms with van der Waals surface area (Å²) >= 11 is 13.9. The van der Waals surface area contributed by atoms with Crippen molar-refractivity contribution in [2.75, 3.05) is 13.1 Å². The van der Waals surface area contributed by atoms with E-state index in [0.29, 0.717) is 17.1 Å². The summed E-state index contributed by atoms with van der Waals surface area (Å²) in [7, 11) is 0. The van der Waals surface area contributed by atoms with E-state index in [9.17, 15) is 14.4 Å². The molecule has 0 bridgehead atoms. The molecule has 30 heavy (non-hydrogen) atoms. The van der Waals surface area contributed by atoms with Crippen LogP contribution in [-0.4, -0.2) is 40.7 Å². The Bertz CT molecular complexity index is 1040. The lowest BCUT2D eigenvalue weighted by molar-refractivity contribution is -0.140. The maximum absolute atomic E-state index is 13.2. The highest BCUT2D eigenvalue weighted by Gasteiger charge is 2.51. The van der Waals surface area contributed by atoms with Crippen LogP contribution in [0.15, 0.2) is 29.6 Å². The average molecular weight is 466 g/mol. The fourth-order valence-electron chi connectivity index (χ4n) is 4.28. The van der Waals surface area contributed by atoms with Gasteiger partial charge in [-0.15, -0.1) is 11.3 Å². The van der Waals surface area contributed by atoms with E-state index in [1.807, 2.05) is 12.3 Å². The number of benzene rings is 1. The van der Waals surface area contributed by atoms with E-state index in [2.05, 4.69) is 11.4 Å². The van der Waals surface area contributed by atoms with E-state index in [0.717, 1.165) is 23.3 Å². The highest BCUT2D eigenvalue weighted by atomic mass is 35.5. The summed E-state index contributed by atoms with van der Waals surface area (Å²) < 4.78 is 0. The molecular weight excluding hydrogens is 445 g/mol. The zero-order chi connectivity index (χ0) is 21.6. The number of hydrogen-bond donors (Lipinski definition) is 1. The molecule has 6 nitrogen and oxygen atoms in total. The Morgan fingerprint density at radius 3 is 2.77 bits per heavy atom. The molecule has 1 fully saturated rings. The van der Waals surface area contributed by atoms with Gasteiger partial charge in [0.1, 0.15) is 12.1 Å². The maximum Gasteiger partial charge on any atom is 0.325 e. The molecule has 0 radical (unpaired) electrons. The highest BCUT2D eigenvalue weighted by Crippen LogP contribution is 2.37. The first-order valence-electron chi connectivity index (χ1n) is 9.71. The summed E-state index contributed by atoms with van der Waals surface area (Å²) in [4.78, 5) is 43.0. The van der Waals surface area contributed by atoms with Crippen molar-refractivity contribution in [2.24, 2.45) is 0 Å². The van der Waals surface area contributed by atoms with Gasteiger partial charge >= 0.3 is 6.03 Å². The van der Waals surface area contributed by atoms with Crippen molar-refractivity contribution in [1.82, 2.24) is 15.1 Å². The fourth-order valence-corrected chi connectivity index (χ4v) is 5.81. The van der Waals surface area contributed by atoms with Crippen molar-refractivity contribution in [2.45, 2.75) is 38.3 Å². The molecule has 2 aliphatic heterocycles. The number of halogens is 2. The number of fused-ring (bicyclic) bond motifs is 1. The van der Waals surface area contributed by atoms with Crippen molar-refractivity contribution in [3.8, 4) is 0 Å². The third-order valence-electron chi connectivity index (χ3n) is 5.84. The summed E-state index contributed by atoms with van der Waals surface area (Å²) in [6.07, 6.45) is 1.56. The van der Waals surface area contributed by atoms with Crippen LogP contribution in [0.1, 0.15) is 42.3 Å². The number of urea groups is 1. The lowest BCUT2D eigenvalue weighted by Crippen LogP contribution is -2.47. The average Bonchev–Trinajstić information content (AvgIpc) is 3.26. The molecule has 1 aromatic carbocycles. The second-order valence-corrected chi connectivity index (χ2v) is 9.48. The molecule has 1 N–H and O–H groups in total. The van der Waals surface area contributed by atoms with Crippen LogP contribution in [0.5, 0.6) is 0 Å². The molecule has 158 valence electrons. The molecule has 3 heterocycles. The number of nitrogens with zero attached hydrogens (tertiary/aromatic N) is 2. The number of imide groups is 1. The SMILES string of the molecule is CCC1c2ccsc2CCN1C(=O)CN1C(=O)NC(C)(c2ccc(Cl)cc2Cl)C1=O. The monoisotopic (exact) mass is 465 g/mol. The number of thiophene rings is 1. The standard InChI is InChI=1S/C21H21Cl2N3O3S/c1-3-16-13-7-9-30-17(13)6-8-25(16)18(27)11-26-19(28)21(2,24-20(26)29)14-5-4-12(22)10-15(14)23/h4-5,7,9-10,16H,3,6,8,11H2,1-2H3,(H,24,29). The molecule has 4 amide bonds. The summed E-state index contributed by atoms with van der Waals surface area (Å²) in [5, 5.41) is 5.44. The Morgan fingerprint density at radius 1 is 1.30 bits per heavy atom. The largest absolute Gasteiger partial charge is 0.334 e. The molecule has 2 aromatic rings. The van der Waals surface area contributed by atoms with E-state index in [-0.39, 0.29) is 23.5 Å². The summed E-state index contributed by atoms with van der Waals surface area (Å²) in [5.41, 5.74) is 0.247. The molecule has 0 saturated carbocycles. The van der Waals surface area contributed by atoms with E-state index in [1.165, 1.54) is 10.9 Å². The molecule has 0 aliphatic carbocycles. The van der Waals surface area contributed by atoms with Gasteiger partial charge in [0.15, 0.2) is 0 Å². The quantitative estimate of drug-likeness (QED) is 0.681. The van der Waals surface area contributed by atoms with Crippen LogP contribution in [0.2, 0.25) is 10.0 Å². The van der Waals surface area contributed by atoms with Gasteiger partial charge in [-0.2, -0.15) is 0 Å². The van der Waals surface area contributed by atoms with Gasteiger partial charge in [-0.25, -0.2) is 4.79 Å². The van der Waals surface area contributed by atoms with Gasteiger partial charge in [-0.3, -0.25) is 14.5 Å². The Labute approximate surface area is 188 Å². The summed E-state index contributed by atoms with van der Waals surface area (Å²) in [5.74, 6) is -0.750. The van der Waals surface area contributed by atoms with Crippen LogP contribution in [0.25, 0.3) is 0 Å². The minimum Gasteiger partial charge on any atom is -0.334 e. The van der Waals surface area contributed by atoms with E-state index in [4.69, 9.17) is 23.2 Å². The van der Waals surface area contributed by atoms with Crippen LogP contribution < -0.4 is 5.32 Å². The molecule has 2 atom stereocenters. The van der Waals surface area contributed by atoms with Gasteiger partial charge in [-0.05, 0) is 48.9 Å². The van der Waals surface area contributed by atoms with Crippen molar-refractivity contribution in [1.29, 1.82) is 0 Å². The van der Waals surface area contributed by atoms with Gasteiger partial charge in [0, 0.05) is 27.0 Å². The number of carbonyl (C=O) groups is 3. The molecule has 4 rings (SSSR count). The lowest BCUT2D eigenvalue weighted by Gasteiger charge is -2.36. The van der Waals surface area contributed by atoms with E-state index >= 15 is 0 Å². The summed E-state index contributed by atoms with van der Waals surface area (Å²) in [6.45, 7) is 3.89. The molecule has 9 heteroatoms. The predicted molar refractivity (Wildman–Crippen MR) is 117 cm³/mol. The zero-order valence-electron chi connectivity index (χ0n) is 16.6. The van der Waals surface area contributed by atoms with Gasteiger partial charge < -0.3 is 10.2 Å². The van der Waals surface area contributed by atoms with Crippen LogP contribution >= 0.6 is 34.5 Å². The van der Waals surface area contributed by atoms with Gasteiger partial charge in [0.2, 0.25) is 5.91 Å². The second-order valence-electron chi connectivity index (χ2n) is 7.63. The number of hydrogen-bond acceptors (Lipinski definition) is 4. The number of rotatable bonds is 4.